The fraction of sp³-hybridized carbons (Fsp3) is 0.727. The van der Waals surface area contributed by atoms with Crippen molar-refractivity contribution < 1.29 is 9.59 Å². The largest absolute Gasteiger partial charge is 0.393 e. The minimum atomic E-state index is -0.469. The third kappa shape index (κ3) is 4.30. The molecule has 2 amide bonds. The molecule has 1 atom stereocenters. The standard InChI is InChI=1S/C11H19N3O2S/c1-3-8(10(12)17)11(16)14(2)6-9(15)13-7-4-5-7/h7-8H,3-6H2,1-2H3,(H2,12,17)(H,13,15). The number of hydrogen-bond acceptors (Lipinski definition) is 3. The Hall–Kier alpha value is -1.17. The lowest BCUT2D eigenvalue weighted by atomic mass is 10.1. The van der Waals surface area contributed by atoms with Gasteiger partial charge in [0.05, 0.1) is 17.5 Å². The first-order valence-electron chi connectivity index (χ1n) is 5.79. The van der Waals surface area contributed by atoms with Crippen molar-refractivity contribution in [2.75, 3.05) is 13.6 Å². The van der Waals surface area contributed by atoms with Gasteiger partial charge < -0.3 is 16.0 Å². The van der Waals surface area contributed by atoms with Crippen molar-refractivity contribution in [2.45, 2.75) is 32.2 Å². The van der Waals surface area contributed by atoms with E-state index in [4.69, 9.17) is 18.0 Å². The molecule has 1 rings (SSSR count). The van der Waals surface area contributed by atoms with Crippen LogP contribution >= 0.6 is 12.2 Å². The molecule has 0 spiro atoms. The topological polar surface area (TPSA) is 75.4 Å². The zero-order valence-electron chi connectivity index (χ0n) is 10.2. The van der Waals surface area contributed by atoms with Crippen LogP contribution in [0.4, 0.5) is 0 Å². The fourth-order valence-corrected chi connectivity index (χ4v) is 1.83. The summed E-state index contributed by atoms with van der Waals surface area (Å²) in [6.45, 7) is 1.91. The molecular weight excluding hydrogens is 238 g/mol. The first-order chi connectivity index (χ1) is 7.95. The lowest BCUT2D eigenvalue weighted by molar-refractivity contribution is -0.136. The molecule has 96 valence electrons. The summed E-state index contributed by atoms with van der Waals surface area (Å²) in [7, 11) is 1.59. The minimum Gasteiger partial charge on any atom is -0.393 e. The van der Waals surface area contributed by atoms with Crippen LogP contribution in [0.25, 0.3) is 0 Å². The fourth-order valence-electron chi connectivity index (χ4n) is 1.56. The number of nitrogens with one attached hydrogen (secondary N) is 1. The van der Waals surface area contributed by atoms with Gasteiger partial charge in [0.25, 0.3) is 0 Å². The lowest BCUT2D eigenvalue weighted by Gasteiger charge is -2.21. The van der Waals surface area contributed by atoms with Crippen LogP contribution in [-0.4, -0.2) is 41.3 Å². The van der Waals surface area contributed by atoms with Crippen molar-refractivity contribution in [3.8, 4) is 0 Å². The normalized spacial score (nSPS) is 16.1. The van der Waals surface area contributed by atoms with Gasteiger partial charge in [0.2, 0.25) is 11.8 Å². The van der Waals surface area contributed by atoms with Crippen molar-refractivity contribution in [1.29, 1.82) is 0 Å². The first kappa shape index (κ1) is 13.9. The van der Waals surface area contributed by atoms with Gasteiger partial charge in [-0.25, -0.2) is 0 Å². The van der Waals surface area contributed by atoms with Gasteiger partial charge in [-0.2, -0.15) is 0 Å². The van der Waals surface area contributed by atoms with Crippen LogP contribution in [0.3, 0.4) is 0 Å². The van der Waals surface area contributed by atoms with E-state index in [0.717, 1.165) is 12.8 Å². The molecule has 3 N–H and O–H groups in total. The number of thiocarbonyl (C=S) groups is 1. The Morgan fingerprint density at radius 2 is 2.12 bits per heavy atom. The number of likely N-dealkylation sites (N-methyl/N-ethyl adjacent to an activating group) is 1. The predicted octanol–water partition coefficient (Wildman–Crippen LogP) is 0.0357. The number of nitrogens with zero attached hydrogens (tertiary/aromatic N) is 1. The number of amides is 2. The average Bonchev–Trinajstić information content (AvgIpc) is 3.01. The van der Waals surface area contributed by atoms with Crippen LogP contribution in [0.5, 0.6) is 0 Å². The van der Waals surface area contributed by atoms with Gasteiger partial charge in [0.15, 0.2) is 0 Å². The molecule has 0 aromatic carbocycles. The van der Waals surface area contributed by atoms with Crippen LogP contribution in [0.15, 0.2) is 0 Å². The highest BCUT2D eigenvalue weighted by atomic mass is 32.1. The monoisotopic (exact) mass is 257 g/mol. The maximum absolute atomic E-state index is 11.9. The summed E-state index contributed by atoms with van der Waals surface area (Å²) < 4.78 is 0. The second kappa shape index (κ2) is 5.95. The Morgan fingerprint density at radius 3 is 2.53 bits per heavy atom. The summed E-state index contributed by atoms with van der Waals surface area (Å²) >= 11 is 4.83. The summed E-state index contributed by atoms with van der Waals surface area (Å²) in [6.07, 6.45) is 2.63. The van der Waals surface area contributed by atoms with Crippen molar-refractivity contribution in [3.63, 3.8) is 0 Å². The molecule has 0 heterocycles. The molecule has 0 saturated heterocycles. The SMILES string of the molecule is CCC(C(=O)N(C)CC(=O)NC1CC1)C(N)=S. The van der Waals surface area contributed by atoms with E-state index in [1.165, 1.54) is 4.90 Å². The van der Waals surface area contributed by atoms with Crippen molar-refractivity contribution in [3.05, 3.63) is 0 Å². The Balaban J connectivity index is 2.43. The van der Waals surface area contributed by atoms with Gasteiger partial charge in [-0.05, 0) is 19.3 Å². The Kier molecular flexibility index (Phi) is 4.86. The van der Waals surface area contributed by atoms with E-state index in [0.29, 0.717) is 12.5 Å². The Bertz CT molecular complexity index is 329. The highest BCUT2D eigenvalue weighted by molar-refractivity contribution is 7.80. The molecule has 0 bridgehead atoms. The zero-order valence-corrected chi connectivity index (χ0v) is 11.0. The second-order valence-electron chi connectivity index (χ2n) is 4.40. The molecular formula is C11H19N3O2S. The molecule has 5 nitrogen and oxygen atoms in total. The van der Waals surface area contributed by atoms with Crippen molar-refractivity contribution in [1.82, 2.24) is 10.2 Å². The Labute approximate surface area is 107 Å². The number of hydrogen-bond donors (Lipinski definition) is 2. The molecule has 0 radical (unpaired) electrons. The summed E-state index contributed by atoms with van der Waals surface area (Å²) in [4.78, 5) is 25.0. The molecule has 6 heteroatoms. The van der Waals surface area contributed by atoms with Gasteiger partial charge in [-0.15, -0.1) is 0 Å². The molecule has 0 aliphatic heterocycles. The smallest absolute Gasteiger partial charge is 0.239 e. The van der Waals surface area contributed by atoms with Crippen molar-refractivity contribution >= 4 is 29.0 Å². The molecule has 1 saturated carbocycles. The van der Waals surface area contributed by atoms with Gasteiger partial charge in [-0.1, -0.05) is 19.1 Å². The summed E-state index contributed by atoms with van der Waals surface area (Å²) in [5.74, 6) is -0.782. The molecule has 1 aliphatic carbocycles. The highest BCUT2D eigenvalue weighted by Gasteiger charge is 2.27. The average molecular weight is 257 g/mol. The third-order valence-electron chi connectivity index (χ3n) is 2.75. The second-order valence-corrected chi connectivity index (χ2v) is 4.87. The van der Waals surface area contributed by atoms with Gasteiger partial charge in [0, 0.05) is 13.1 Å². The van der Waals surface area contributed by atoms with E-state index in [2.05, 4.69) is 5.32 Å². The van der Waals surface area contributed by atoms with Gasteiger partial charge in [0.1, 0.15) is 0 Å². The minimum absolute atomic E-state index is 0.0639. The van der Waals surface area contributed by atoms with Crippen LogP contribution < -0.4 is 11.1 Å². The maximum Gasteiger partial charge on any atom is 0.239 e. The summed E-state index contributed by atoms with van der Waals surface area (Å²) in [5.41, 5.74) is 5.49. The lowest BCUT2D eigenvalue weighted by Crippen LogP contribution is -2.44. The molecule has 1 unspecified atom stereocenters. The van der Waals surface area contributed by atoms with Crippen LogP contribution in [0.2, 0.25) is 0 Å². The number of rotatable bonds is 6. The number of nitrogens with two attached hydrogens (primary N) is 1. The molecule has 1 fully saturated rings. The quantitative estimate of drug-likeness (QED) is 0.659. The summed E-state index contributed by atoms with van der Waals surface area (Å²) in [6, 6.07) is 0.309. The van der Waals surface area contributed by atoms with E-state index in [1.54, 1.807) is 7.05 Å². The van der Waals surface area contributed by atoms with Gasteiger partial charge in [-0.3, -0.25) is 9.59 Å². The van der Waals surface area contributed by atoms with Gasteiger partial charge >= 0.3 is 0 Å². The van der Waals surface area contributed by atoms with Crippen LogP contribution in [0, 0.1) is 5.92 Å². The van der Waals surface area contributed by atoms with E-state index in [9.17, 15) is 9.59 Å². The maximum atomic E-state index is 11.9. The molecule has 0 aromatic rings. The zero-order chi connectivity index (χ0) is 13.0. The number of carbonyl (C=O) groups is 2. The Morgan fingerprint density at radius 1 is 1.53 bits per heavy atom. The number of carbonyl (C=O) groups excluding carboxylic acids is 2. The van der Waals surface area contributed by atoms with E-state index >= 15 is 0 Å². The molecule has 1 aliphatic rings. The van der Waals surface area contributed by atoms with Crippen LogP contribution in [0.1, 0.15) is 26.2 Å². The van der Waals surface area contributed by atoms with Crippen LogP contribution in [-0.2, 0) is 9.59 Å². The van der Waals surface area contributed by atoms with E-state index in [-0.39, 0.29) is 23.3 Å². The third-order valence-corrected chi connectivity index (χ3v) is 3.03. The molecule has 17 heavy (non-hydrogen) atoms. The molecule has 0 aromatic heterocycles. The highest BCUT2D eigenvalue weighted by Crippen LogP contribution is 2.18. The van der Waals surface area contributed by atoms with E-state index in [1.807, 2.05) is 6.92 Å². The van der Waals surface area contributed by atoms with Crippen molar-refractivity contribution in [2.24, 2.45) is 11.7 Å². The summed E-state index contributed by atoms with van der Waals surface area (Å²) in [5, 5.41) is 2.83. The van der Waals surface area contributed by atoms with E-state index < -0.39 is 5.92 Å². The first-order valence-corrected chi connectivity index (χ1v) is 6.20. The predicted molar refractivity (Wildman–Crippen MR) is 69.4 cm³/mol.